The molecule has 4 heterocycles. The van der Waals surface area contributed by atoms with Crippen LogP contribution in [0.5, 0.6) is 0 Å². The molecule has 5 rings (SSSR count). The molecule has 0 aliphatic carbocycles. The van der Waals surface area contributed by atoms with E-state index in [9.17, 15) is 0 Å². The Labute approximate surface area is 160 Å². The van der Waals surface area contributed by atoms with Gasteiger partial charge in [0.25, 0.3) is 0 Å². The molecule has 0 saturated carbocycles. The second-order valence-electron chi connectivity index (χ2n) is 6.27. The second kappa shape index (κ2) is 6.98. The van der Waals surface area contributed by atoms with Gasteiger partial charge in [-0.3, -0.25) is 0 Å². The Morgan fingerprint density at radius 3 is 2.67 bits per heavy atom. The summed E-state index contributed by atoms with van der Waals surface area (Å²) in [5, 5.41) is 11.8. The number of benzene rings is 1. The lowest BCUT2D eigenvalue weighted by atomic mass is 10.2. The fourth-order valence-corrected chi connectivity index (χ4v) is 3.88. The van der Waals surface area contributed by atoms with E-state index in [-0.39, 0.29) is 0 Å². The molecular weight excluding hydrogens is 360 g/mol. The van der Waals surface area contributed by atoms with Gasteiger partial charge in [0.05, 0.1) is 25.1 Å². The summed E-state index contributed by atoms with van der Waals surface area (Å²) in [5.41, 5.74) is 4.89. The molecule has 3 aromatic heterocycles. The standard InChI is InChI=1S/C19H18N6OS/c1-3-16(24-6-8-26-9-7-24)4-2-15(1)23-18-19-21-13-22-25(19)17(11-20-18)14-5-10-27-12-14/h1-5,10-13H,6-9H2,(H,20,23). The zero-order chi connectivity index (χ0) is 18.1. The van der Waals surface area contributed by atoms with Crippen LogP contribution in [0.2, 0.25) is 0 Å². The van der Waals surface area contributed by atoms with Gasteiger partial charge in [0, 0.05) is 35.4 Å². The van der Waals surface area contributed by atoms with Crippen molar-refractivity contribution in [3.63, 3.8) is 0 Å². The fraction of sp³-hybridized carbons (Fsp3) is 0.211. The Kier molecular flexibility index (Phi) is 4.19. The number of rotatable bonds is 4. The number of nitrogens with zero attached hydrogens (tertiary/aromatic N) is 5. The molecule has 1 aromatic carbocycles. The number of hydrogen-bond donors (Lipinski definition) is 1. The summed E-state index contributed by atoms with van der Waals surface area (Å²) in [6.07, 6.45) is 3.38. The van der Waals surface area contributed by atoms with Gasteiger partial charge in [0.2, 0.25) is 0 Å². The van der Waals surface area contributed by atoms with Crippen molar-refractivity contribution in [1.82, 2.24) is 19.6 Å². The first-order valence-corrected chi connectivity index (χ1v) is 9.74. The minimum atomic E-state index is 0.686. The average molecular weight is 378 g/mol. The predicted octanol–water partition coefficient (Wildman–Crippen LogP) is 3.43. The monoisotopic (exact) mass is 378 g/mol. The third-order valence-electron chi connectivity index (χ3n) is 4.63. The van der Waals surface area contributed by atoms with Crippen molar-refractivity contribution in [2.24, 2.45) is 0 Å². The highest BCUT2D eigenvalue weighted by molar-refractivity contribution is 7.08. The van der Waals surface area contributed by atoms with E-state index in [0.29, 0.717) is 11.5 Å². The normalized spacial score (nSPS) is 14.6. The molecule has 4 aromatic rings. The van der Waals surface area contributed by atoms with Crippen LogP contribution >= 0.6 is 11.3 Å². The summed E-state index contributed by atoms with van der Waals surface area (Å²) in [6.45, 7) is 3.42. The largest absolute Gasteiger partial charge is 0.378 e. The van der Waals surface area contributed by atoms with Crippen LogP contribution in [0.4, 0.5) is 17.2 Å². The van der Waals surface area contributed by atoms with Gasteiger partial charge in [-0.2, -0.15) is 16.4 Å². The maximum Gasteiger partial charge on any atom is 0.199 e. The number of anilines is 3. The quantitative estimate of drug-likeness (QED) is 0.587. The molecular formula is C19H18N6OS. The van der Waals surface area contributed by atoms with Crippen LogP contribution in [0.3, 0.4) is 0 Å². The molecule has 1 N–H and O–H groups in total. The number of fused-ring (bicyclic) bond motifs is 1. The third-order valence-corrected chi connectivity index (χ3v) is 5.31. The van der Waals surface area contributed by atoms with E-state index in [2.05, 4.69) is 61.0 Å². The summed E-state index contributed by atoms with van der Waals surface area (Å²) in [5.74, 6) is 0.686. The lowest BCUT2D eigenvalue weighted by Gasteiger charge is -2.28. The van der Waals surface area contributed by atoms with Crippen LogP contribution in [0.25, 0.3) is 16.9 Å². The second-order valence-corrected chi connectivity index (χ2v) is 7.05. The number of morpholine rings is 1. The molecule has 0 spiro atoms. The molecule has 0 bridgehead atoms. The van der Waals surface area contributed by atoms with E-state index in [0.717, 1.165) is 43.2 Å². The topological polar surface area (TPSA) is 67.6 Å². The van der Waals surface area contributed by atoms with Crippen molar-refractivity contribution in [2.75, 3.05) is 36.5 Å². The summed E-state index contributed by atoms with van der Waals surface area (Å²) in [4.78, 5) is 11.3. The number of ether oxygens (including phenoxy) is 1. The third kappa shape index (κ3) is 3.13. The number of hydrogen-bond acceptors (Lipinski definition) is 7. The summed E-state index contributed by atoms with van der Waals surface area (Å²) < 4.78 is 7.24. The Hall–Kier alpha value is -2.97. The smallest absolute Gasteiger partial charge is 0.199 e. The van der Waals surface area contributed by atoms with E-state index >= 15 is 0 Å². The first-order chi connectivity index (χ1) is 13.4. The van der Waals surface area contributed by atoms with Gasteiger partial charge in [0.1, 0.15) is 6.33 Å². The minimum absolute atomic E-state index is 0.686. The van der Waals surface area contributed by atoms with E-state index in [4.69, 9.17) is 4.74 Å². The Morgan fingerprint density at radius 1 is 1.04 bits per heavy atom. The van der Waals surface area contributed by atoms with Gasteiger partial charge in [-0.1, -0.05) is 0 Å². The van der Waals surface area contributed by atoms with E-state index in [1.54, 1.807) is 17.7 Å². The first-order valence-electron chi connectivity index (χ1n) is 8.79. The van der Waals surface area contributed by atoms with Gasteiger partial charge in [0.15, 0.2) is 11.5 Å². The van der Waals surface area contributed by atoms with Crippen LogP contribution in [-0.4, -0.2) is 45.9 Å². The van der Waals surface area contributed by atoms with Crippen LogP contribution in [0.15, 0.2) is 53.6 Å². The SMILES string of the molecule is c1nc2c(Nc3ccc(N4CCOCC4)cc3)ncc(-c3ccsc3)n2n1. The maximum absolute atomic E-state index is 5.42. The van der Waals surface area contributed by atoms with Crippen LogP contribution < -0.4 is 10.2 Å². The first kappa shape index (κ1) is 16.2. The molecule has 1 aliphatic heterocycles. The van der Waals surface area contributed by atoms with Gasteiger partial charge >= 0.3 is 0 Å². The highest BCUT2D eigenvalue weighted by atomic mass is 32.1. The van der Waals surface area contributed by atoms with Gasteiger partial charge in [-0.15, -0.1) is 0 Å². The van der Waals surface area contributed by atoms with Crippen molar-refractivity contribution in [3.05, 3.63) is 53.6 Å². The van der Waals surface area contributed by atoms with Crippen molar-refractivity contribution in [3.8, 4) is 11.3 Å². The lowest BCUT2D eigenvalue weighted by Crippen LogP contribution is -2.36. The van der Waals surface area contributed by atoms with Crippen LogP contribution in [0.1, 0.15) is 0 Å². The number of nitrogens with one attached hydrogen (secondary N) is 1. The molecule has 1 saturated heterocycles. The number of aromatic nitrogens is 4. The van der Waals surface area contributed by atoms with E-state index in [1.165, 1.54) is 5.69 Å². The number of thiophene rings is 1. The van der Waals surface area contributed by atoms with Gasteiger partial charge < -0.3 is 15.0 Å². The molecule has 1 aliphatic rings. The molecule has 0 atom stereocenters. The zero-order valence-corrected chi connectivity index (χ0v) is 15.4. The minimum Gasteiger partial charge on any atom is -0.378 e. The maximum atomic E-state index is 5.42. The van der Waals surface area contributed by atoms with E-state index < -0.39 is 0 Å². The summed E-state index contributed by atoms with van der Waals surface area (Å²) >= 11 is 1.65. The van der Waals surface area contributed by atoms with Crippen LogP contribution in [0, 0.1) is 0 Å². The Morgan fingerprint density at radius 2 is 1.89 bits per heavy atom. The van der Waals surface area contributed by atoms with Crippen molar-refractivity contribution >= 4 is 34.2 Å². The fourth-order valence-electron chi connectivity index (χ4n) is 3.23. The molecule has 7 nitrogen and oxygen atoms in total. The molecule has 0 unspecified atom stereocenters. The Bertz CT molecular complexity index is 1040. The molecule has 8 heteroatoms. The summed E-state index contributed by atoms with van der Waals surface area (Å²) in [7, 11) is 0. The Balaban J connectivity index is 1.42. The summed E-state index contributed by atoms with van der Waals surface area (Å²) in [6, 6.07) is 10.4. The zero-order valence-electron chi connectivity index (χ0n) is 14.6. The molecule has 1 fully saturated rings. The van der Waals surface area contributed by atoms with Gasteiger partial charge in [-0.25, -0.2) is 14.5 Å². The lowest BCUT2D eigenvalue weighted by molar-refractivity contribution is 0.122. The average Bonchev–Trinajstić information content (AvgIpc) is 3.42. The van der Waals surface area contributed by atoms with E-state index in [1.807, 2.05) is 16.1 Å². The molecule has 136 valence electrons. The predicted molar refractivity (Wildman–Crippen MR) is 107 cm³/mol. The van der Waals surface area contributed by atoms with Gasteiger partial charge in [-0.05, 0) is 35.7 Å². The molecule has 0 amide bonds. The highest BCUT2D eigenvalue weighted by Gasteiger charge is 2.13. The van der Waals surface area contributed by atoms with Crippen molar-refractivity contribution < 1.29 is 4.74 Å². The van der Waals surface area contributed by atoms with Crippen molar-refractivity contribution in [2.45, 2.75) is 0 Å². The van der Waals surface area contributed by atoms with Crippen molar-refractivity contribution in [1.29, 1.82) is 0 Å². The van der Waals surface area contributed by atoms with Crippen LogP contribution in [-0.2, 0) is 4.74 Å². The molecule has 0 radical (unpaired) electrons. The molecule has 27 heavy (non-hydrogen) atoms. The highest BCUT2D eigenvalue weighted by Crippen LogP contribution is 2.26.